The summed E-state index contributed by atoms with van der Waals surface area (Å²) in [7, 11) is 0. The van der Waals surface area contributed by atoms with Crippen molar-refractivity contribution in [3.8, 4) is 0 Å². The fourth-order valence-electron chi connectivity index (χ4n) is 3.16. The molecule has 0 aliphatic carbocycles. The molecule has 3 atom stereocenters. The van der Waals surface area contributed by atoms with E-state index in [0.29, 0.717) is 12.1 Å². The minimum absolute atomic E-state index is 0.619. The van der Waals surface area contributed by atoms with E-state index in [1.165, 1.54) is 25.0 Å². The van der Waals surface area contributed by atoms with Crippen molar-refractivity contribution >= 4 is 15.9 Å². The van der Waals surface area contributed by atoms with Crippen LogP contribution >= 0.6 is 15.9 Å². The molecule has 0 aromatic carbocycles. The summed E-state index contributed by atoms with van der Waals surface area (Å²) >= 11 is 3.46. The number of halogens is 1. The van der Waals surface area contributed by atoms with Gasteiger partial charge in [-0.3, -0.25) is 9.88 Å². The number of hydrogen-bond acceptors (Lipinski definition) is 3. The van der Waals surface area contributed by atoms with E-state index in [0.717, 1.165) is 30.0 Å². The zero-order valence-corrected chi connectivity index (χ0v) is 15.1. The summed E-state index contributed by atoms with van der Waals surface area (Å²) in [4.78, 5) is 7.19. The molecule has 3 nitrogen and oxygen atoms in total. The molecular weight excluding hydrogens is 326 g/mol. The first-order valence-electron chi connectivity index (χ1n) is 8.21. The van der Waals surface area contributed by atoms with E-state index >= 15 is 0 Å². The summed E-state index contributed by atoms with van der Waals surface area (Å²) in [6, 6.07) is 5.47. The van der Waals surface area contributed by atoms with Crippen LogP contribution in [0.5, 0.6) is 0 Å². The summed E-state index contributed by atoms with van der Waals surface area (Å²) in [5.74, 6) is 0.718. The van der Waals surface area contributed by atoms with Gasteiger partial charge >= 0.3 is 0 Å². The molecule has 1 aliphatic heterocycles. The standard InChI is InChI=1S/C17H28BrN3/c1-4-6-15-11-21(17(10-20-15)13(3)5-2)12-16-8-7-14(18)9-19-16/h7-9,13,15,17,20H,4-6,10-12H2,1-3H3. The van der Waals surface area contributed by atoms with Gasteiger partial charge in [0.25, 0.3) is 0 Å². The van der Waals surface area contributed by atoms with Crippen molar-refractivity contribution in [1.82, 2.24) is 15.2 Å². The number of nitrogens with one attached hydrogen (secondary N) is 1. The maximum absolute atomic E-state index is 4.55. The number of rotatable bonds is 6. The third-order valence-electron chi connectivity index (χ3n) is 4.63. The van der Waals surface area contributed by atoms with Crippen LogP contribution in [0.2, 0.25) is 0 Å². The Bertz CT molecular complexity index is 421. The molecule has 1 aromatic rings. The summed E-state index contributed by atoms with van der Waals surface area (Å²) in [6.07, 6.45) is 5.64. The predicted molar refractivity (Wildman–Crippen MR) is 92.3 cm³/mol. The Labute approximate surface area is 137 Å². The Kier molecular flexibility index (Phi) is 6.65. The van der Waals surface area contributed by atoms with Gasteiger partial charge in [0.05, 0.1) is 5.69 Å². The van der Waals surface area contributed by atoms with Crippen molar-refractivity contribution in [2.75, 3.05) is 13.1 Å². The van der Waals surface area contributed by atoms with Gasteiger partial charge in [-0.05, 0) is 40.4 Å². The number of piperazine rings is 1. The van der Waals surface area contributed by atoms with Gasteiger partial charge in [0.15, 0.2) is 0 Å². The van der Waals surface area contributed by atoms with Crippen molar-refractivity contribution in [2.45, 2.75) is 58.7 Å². The molecule has 0 saturated carbocycles. The quantitative estimate of drug-likeness (QED) is 0.842. The molecule has 1 aromatic heterocycles. The van der Waals surface area contributed by atoms with Gasteiger partial charge in [-0.1, -0.05) is 33.6 Å². The number of nitrogens with zero attached hydrogens (tertiary/aromatic N) is 2. The van der Waals surface area contributed by atoms with Crippen molar-refractivity contribution in [1.29, 1.82) is 0 Å². The van der Waals surface area contributed by atoms with Crippen LogP contribution in [0.15, 0.2) is 22.8 Å². The first-order chi connectivity index (χ1) is 10.1. The summed E-state index contributed by atoms with van der Waals surface area (Å²) in [6.45, 7) is 10.1. The third-order valence-corrected chi connectivity index (χ3v) is 5.10. The second kappa shape index (κ2) is 8.25. The van der Waals surface area contributed by atoms with Crippen LogP contribution in [-0.2, 0) is 6.54 Å². The third kappa shape index (κ3) is 4.76. The highest BCUT2D eigenvalue weighted by Crippen LogP contribution is 2.21. The average molecular weight is 354 g/mol. The van der Waals surface area contributed by atoms with Crippen molar-refractivity contribution in [3.05, 3.63) is 28.5 Å². The minimum Gasteiger partial charge on any atom is -0.311 e. The Morgan fingerprint density at radius 1 is 1.43 bits per heavy atom. The molecule has 3 unspecified atom stereocenters. The van der Waals surface area contributed by atoms with Crippen LogP contribution < -0.4 is 5.32 Å². The lowest BCUT2D eigenvalue weighted by Gasteiger charge is -2.43. The van der Waals surface area contributed by atoms with E-state index in [4.69, 9.17) is 0 Å². The highest BCUT2D eigenvalue weighted by molar-refractivity contribution is 9.10. The molecular formula is C17H28BrN3. The van der Waals surface area contributed by atoms with E-state index in [1.54, 1.807) is 0 Å². The first-order valence-corrected chi connectivity index (χ1v) is 9.01. The summed E-state index contributed by atoms with van der Waals surface area (Å²) in [5.41, 5.74) is 1.17. The number of pyridine rings is 1. The van der Waals surface area contributed by atoms with Crippen LogP contribution in [0.3, 0.4) is 0 Å². The highest BCUT2D eigenvalue weighted by Gasteiger charge is 2.30. The summed E-state index contributed by atoms with van der Waals surface area (Å²) < 4.78 is 1.05. The van der Waals surface area contributed by atoms with Gasteiger partial charge in [-0.15, -0.1) is 0 Å². The van der Waals surface area contributed by atoms with Crippen LogP contribution in [0.1, 0.15) is 45.7 Å². The van der Waals surface area contributed by atoms with Crippen molar-refractivity contribution < 1.29 is 0 Å². The Morgan fingerprint density at radius 3 is 2.86 bits per heavy atom. The zero-order chi connectivity index (χ0) is 15.2. The van der Waals surface area contributed by atoms with Gasteiger partial charge in [-0.2, -0.15) is 0 Å². The number of hydrogen-bond donors (Lipinski definition) is 1. The Balaban J connectivity index is 2.06. The van der Waals surface area contributed by atoms with E-state index < -0.39 is 0 Å². The molecule has 1 N–H and O–H groups in total. The van der Waals surface area contributed by atoms with Crippen LogP contribution in [0.25, 0.3) is 0 Å². The van der Waals surface area contributed by atoms with Gasteiger partial charge in [0, 0.05) is 42.4 Å². The molecule has 118 valence electrons. The Morgan fingerprint density at radius 2 is 2.24 bits per heavy atom. The van der Waals surface area contributed by atoms with Gasteiger partial charge in [-0.25, -0.2) is 0 Å². The van der Waals surface area contributed by atoms with Crippen molar-refractivity contribution in [2.24, 2.45) is 5.92 Å². The lowest BCUT2D eigenvalue weighted by atomic mass is 9.93. The van der Waals surface area contributed by atoms with Crippen molar-refractivity contribution in [3.63, 3.8) is 0 Å². The zero-order valence-electron chi connectivity index (χ0n) is 13.5. The van der Waals surface area contributed by atoms with Crippen LogP contribution in [0.4, 0.5) is 0 Å². The van der Waals surface area contributed by atoms with E-state index in [9.17, 15) is 0 Å². The monoisotopic (exact) mass is 353 g/mol. The second-order valence-corrected chi connectivity index (χ2v) is 7.16. The molecule has 2 rings (SSSR count). The smallest absolute Gasteiger partial charge is 0.0544 e. The van der Waals surface area contributed by atoms with E-state index in [-0.39, 0.29) is 0 Å². The minimum atomic E-state index is 0.619. The lowest BCUT2D eigenvalue weighted by molar-refractivity contribution is 0.0807. The molecule has 21 heavy (non-hydrogen) atoms. The Hall–Kier alpha value is -0.450. The van der Waals surface area contributed by atoms with Crippen LogP contribution in [0, 0.1) is 5.92 Å². The molecule has 1 fully saturated rings. The molecule has 0 radical (unpaired) electrons. The summed E-state index contributed by atoms with van der Waals surface area (Å²) in [5, 5.41) is 3.74. The molecule has 1 saturated heterocycles. The van der Waals surface area contributed by atoms with Gasteiger partial charge < -0.3 is 5.32 Å². The molecule has 0 amide bonds. The molecule has 0 bridgehead atoms. The fraction of sp³-hybridized carbons (Fsp3) is 0.706. The van der Waals surface area contributed by atoms with Crippen LogP contribution in [-0.4, -0.2) is 35.1 Å². The molecule has 4 heteroatoms. The van der Waals surface area contributed by atoms with Gasteiger partial charge in [0.1, 0.15) is 0 Å². The topological polar surface area (TPSA) is 28.2 Å². The SMILES string of the molecule is CCCC1CN(Cc2ccc(Br)cn2)C(C(C)CC)CN1. The first kappa shape index (κ1) is 16.9. The largest absolute Gasteiger partial charge is 0.311 e. The van der Waals surface area contributed by atoms with E-state index in [2.05, 4.69) is 64.0 Å². The maximum Gasteiger partial charge on any atom is 0.0544 e. The lowest BCUT2D eigenvalue weighted by Crippen LogP contribution is -2.58. The fourth-order valence-corrected chi connectivity index (χ4v) is 3.40. The average Bonchev–Trinajstić information content (AvgIpc) is 2.49. The number of aromatic nitrogens is 1. The predicted octanol–water partition coefficient (Wildman–Crippen LogP) is 3.83. The highest BCUT2D eigenvalue weighted by atomic mass is 79.9. The molecule has 1 aliphatic rings. The second-order valence-electron chi connectivity index (χ2n) is 6.24. The molecule has 2 heterocycles. The normalized spacial score (nSPS) is 25.0. The van der Waals surface area contributed by atoms with Gasteiger partial charge in [0.2, 0.25) is 0 Å². The van der Waals surface area contributed by atoms with E-state index in [1.807, 2.05) is 6.20 Å². The molecule has 0 spiro atoms. The maximum atomic E-state index is 4.55.